The minimum absolute atomic E-state index is 0.00385. The summed E-state index contributed by atoms with van der Waals surface area (Å²) in [4.78, 5) is 28.0. The average molecular weight is 436 g/mol. The van der Waals surface area contributed by atoms with Crippen LogP contribution in [-0.4, -0.2) is 61.4 Å². The van der Waals surface area contributed by atoms with Gasteiger partial charge in [0, 0.05) is 24.8 Å². The Morgan fingerprint density at radius 2 is 1.97 bits per heavy atom. The number of morpholine rings is 1. The number of benzene rings is 1. The van der Waals surface area contributed by atoms with E-state index < -0.39 is 5.91 Å². The van der Waals surface area contributed by atoms with Crippen LogP contribution in [0.4, 0.5) is 17.2 Å². The lowest BCUT2D eigenvalue weighted by atomic mass is 10.1. The number of pyridine rings is 1. The Labute approximate surface area is 185 Å². The van der Waals surface area contributed by atoms with Gasteiger partial charge in [0.15, 0.2) is 11.5 Å². The van der Waals surface area contributed by atoms with E-state index in [4.69, 9.17) is 19.9 Å². The molecule has 0 atom stereocenters. The summed E-state index contributed by atoms with van der Waals surface area (Å²) in [6.07, 6.45) is 4.78. The van der Waals surface area contributed by atoms with Crippen LogP contribution in [0.5, 0.6) is 11.5 Å². The van der Waals surface area contributed by atoms with Crippen LogP contribution >= 0.6 is 0 Å². The SMILES string of the molecule is COc1ccc(OC)c(-c2cnc(N)c(C(=O)Nc3cnccc3N3CCOCC3)n2)c1. The monoisotopic (exact) mass is 436 g/mol. The maximum atomic E-state index is 13.1. The second kappa shape index (κ2) is 9.48. The normalized spacial score (nSPS) is 13.5. The van der Waals surface area contributed by atoms with Crippen molar-refractivity contribution in [1.29, 1.82) is 0 Å². The van der Waals surface area contributed by atoms with Gasteiger partial charge in [0.05, 0.1) is 56.9 Å². The molecule has 0 bridgehead atoms. The molecule has 0 unspecified atom stereocenters. The number of methoxy groups -OCH3 is 2. The lowest BCUT2D eigenvalue weighted by Crippen LogP contribution is -2.36. The molecular formula is C22H24N6O4. The maximum Gasteiger partial charge on any atom is 0.278 e. The number of carbonyl (C=O) groups is 1. The van der Waals surface area contributed by atoms with Gasteiger partial charge in [-0.1, -0.05) is 0 Å². The van der Waals surface area contributed by atoms with Crippen LogP contribution in [-0.2, 0) is 4.74 Å². The molecular weight excluding hydrogens is 412 g/mol. The summed E-state index contributed by atoms with van der Waals surface area (Å²) in [5.41, 5.74) is 8.47. The van der Waals surface area contributed by atoms with Crippen LogP contribution in [0.3, 0.4) is 0 Å². The number of hydrogen-bond acceptors (Lipinski definition) is 9. The number of amides is 1. The predicted octanol–water partition coefficient (Wildman–Crippen LogP) is 2.23. The van der Waals surface area contributed by atoms with Crippen LogP contribution < -0.4 is 25.4 Å². The molecule has 32 heavy (non-hydrogen) atoms. The van der Waals surface area contributed by atoms with Gasteiger partial charge in [-0.2, -0.15) is 0 Å². The molecule has 1 aliphatic rings. The van der Waals surface area contributed by atoms with Crippen molar-refractivity contribution < 1.29 is 19.0 Å². The van der Waals surface area contributed by atoms with Gasteiger partial charge in [-0.3, -0.25) is 9.78 Å². The van der Waals surface area contributed by atoms with E-state index in [1.807, 2.05) is 6.07 Å². The topological polar surface area (TPSA) is 125 Å². The molecule has 4 rings (SSSR count). The van der Waals surface area contributed by atoms with Gasteiger partial charge in [0.1, 0.15) is 11.5 Å². The number of rotatable bonds is 6. The van der Waals surface area contributed by atoms with E-state index >= 15 is 0 Å². The summed E-state index contributed by atoms with van der Waals surface area (Å²) in [5.74, 6) is 0.722. The zero-order chi connectivity index (χ0) is 22.5. The van der Waals surface area contributed by atoms with Gasteiger partial charge in [-0.25, -0.2) is 9.97 Å². The molecule has 1 aromatic carbocycles. The van der Waals surface area contributed by atoms with E-state index in [-0.39, 0.29) is 11.5 Å². The number of nitrogens with one attached hydrogen (secondary N) is 1. The molecule has 3 heterocycles. The number of aromatic nitrogens is 3. The molecule has 2 aromatic heterocycles. The van der Waals surface area contributed by atoms with Crippen LogP contribution in [0.2, 0.25) is 0 Å². The number of ether oxygens (including phenoxy) is 3. The van der Waals surface area contributed by atoms with Crippen LogP contribution in [0, 0.1) is 0 Å². The molecule has 1 fully saturated rings. The minimum atomic E-state index is -0.485. The van der Waals surface area contributed by atoms with E-state index in [9.17, 15) is 4.79 Å². The fraction of sp³-hybridized carbons (Fsp3) is 0.273. The third-order valence-corrected chi connectivity index (χ3v) is 5.10. The standard InChI is InChI=1S/C22H24N6O4/c1-30-14-3-4-19(31-2)15(11-14)16-13-25-21(23)20(26-16)22(29)27-17-12-24-6-5-18(17)28-7-9-32-10-8-28/h3-6,11-13H,7-10H2,1-2H3,(H2,23,25)(H,27,29). The maximum absolute atomic E-state index is 13.1. The Hall–Kier alpha value is -3.92. The molecule has 0 spiro atoms. The number of nitrogens with two attached hydrogens (primary N) is 1. The Morgan fingerprint density at radius 3 is 2.72 bits per heavy atom. The fourth-order valence-corrected chi connectivity index (χ4v) is 3.45. The quantitative estimate of drug-likeness (QED) is 0.598. The van der Waals surface area contributed by atoms with Crippen molar-refractivity contribution in [1.82, 2.24) is 15.0 Å². The molecule has 1 saturated heterocycles. The smallest absolute Gasteiger partial charge is 0.278 e. The molecule has 0 aliphatic carbocycles. The number of hydrogen-bond donors (Lipinski definition) is 2. The van der Waals surface area contributed by atoms with E-state index in [1.54, 1.807) is 44.8 Å². The second-order valence-corrected chi connectivity index (χ2v) is 7.00. The lowest BCUT2D eigenvalue weighted by molar-refractivity contribution is 0.102. The zero-order valence-corrected chi connectivity index (χ0v) is 17.9. The Morgan fingerprint density at radius 1 is 1.16 bits per heavy atom. The average Bonchev–Trinajstić information content (AvgIpc) is 2.84. The van der Waals surface area contributed by atoms with Crippen molar-refractivity contribution in [2.45, 2.75) is 0 Å². The molecule has 1 amide bonds. The summed E-state index contributed by atoms with van der Waals surface area (Å²) in [6.45, 7) is 2.69. The molecule has 0 saturated carbocycles. The molecule has 10 nitrogen and oxygen atoms in total. The van der Waals surface area contributed by atoms with Gasteiger partial charge in [-0.05, 0) is 24.3 Å². The first-order valence-corrected chi connectivity index (χ1v) is 10.0. The molecule has 166 valence electrons. The van der Waals surface area contributed by atoms with Crippen LogP contribution in [0.25, 0.3) is 11.3 Å². The molecule has 0 radical (unpaired) electrons. The first kappa shape index (κ1) is 21.3. The van der Waals surface area contributed by atoms with Crippen LogP contribution in [0.1, 0.15) is 10.5 Å². The predicted molar refractivity (Wildman–Crippen MR) is 120 cm³/mol. The highest BCUT2D eigenvalue weighted by molar-refractivity contribution is 6.07. The number of nitrogen functional groups attached to an aromatic ring is 1. The highest BCUT2D eigenvalue weighted by atomic mass is 16.5. The van der Waals surface area contributed by atoms with Gasteiger partial charge in [0.2, 0.25) is 0 Å². The van der Waals surface area contributed by atoms with E-state index in [0.717, 1.165) is 18.8 Å². The fourth-order valence-electron chi connectivity index (χ4n) is 3.45. The van der Waals surface area contributed by atoms with Crippen LogP contribution in [0.15, 0.2) is 42.9 Å². The molecule has 1 aliphatic heterocycles. The van der Waals surface area contributed by atoms with Crippen molar-refractivity contribution in [2.75, 3.05) is 56.5 Å². The van der Waals surface area contributed by atoms with Crippen molar-refractivity contribution in [2.24, 2.45) is 0 Å². The molecule has 3 N–H and O–H groups in total. The van der Waals surface area contributed by atoms with Gasteiger partial charge < -0.3 is 30.2 Å². The Kier molecular flexibility index (Phi) is 6.31. The summed E-state index contributed by atoms with van der Waals surface area (Å²) in [6, 6.07) is 7.15. The molecule has 3 aromatic rings. The van der Waals surface area contributed by atoms with Gasteiger partial charge in [0.25, 0.3) is 5.91 Å². The summed E-state index contributed by atoms with van der Waals surface area (Å²) in [5, 5.41) is 2.87. The molecule has 10 heteroatoms. The zero-order valence-electron chi connectivity index (χ0n) is 17.9. The summed E-state index contributed by atoms with van der Waals surface area (Å²) in [7, 11) is 3.12. The van der Waals surface area contributed by atoms with E-state index in [0.29, 0.717) is 41.7 Å². The lowest BCUT2D eigenvalue weighted by Gasteiger charge is -2.30. The summed E-state index contributed by atoms with van der Waals surface area (Å²) >= 11 is 0. The Bertz CT molecular complexity index is 1120. The highest BCUT2D eigenvalue weighted by Crippen LogP contribution is 2.33. The number of carbonyl (C=O) groups excluding carboxylic acids is 1. The third kappa shape index (κ3) is 4.40. The van der Waals surface area contributed by atoms with Gasteiger partial charge >= 0.3 is 0 Å². The first-order chi connectivity index (χ1) is 15.6. The van der Waals surface area contributed by atoms with Crippen molar-refractivity contribution >= 4 is 23.1 Å². The number of anilines is 3. The summed E-state index contributed by atoms with van der Waals surface area (Å²) < 4.78 is 16.1. The largest absolute Gasteiger partial charge is 0.497 e. The second-order valence-electron chi connectivity index (χ2n) is 7.00. The van der Waals surface area contributed by atoms with E-state index in [2.05, 4.69) is 25.2 Å². The first-order valence-electron chi connectivity index (χ1n) is 10.0. The Balaban J connectivity index is 1.65. The number of nitrogens with zero attached hydrogens (tertiary/aromatic N) is 4. The van der Waals surface area contributed by atoms with Crippen molar-refractivity contribution in [3.63, 3.8) is 0 Å². The van der Waals surface area contributed by atoms with Gasteiger partial charge in [-0.15, -0.1) is 0 Å². The third-order valence-electron chi connectivity index (χ3n) is 5.10. The minimum Gasteiger partial charge on any atom is -0.497 e. The van der Waals surface area contributed by atoms with E-state index in [1.165, 1.54) is 6.20 Å². The highest BCUT2D eigenvalue weighted by Gasteiger charge is 2.20. The van der Waals surface area contributed by atoms with Crippen molar-refractivity contribution in [3.05, 3.63) is 48.5 Å². The van der Waals surface area contributed by atoms with Crippen molar-refractivity contribution in [3.8, 4) is 22.8 Å².